The third-order valence-corrected chi connectivity index (χ3v) is 1.31. The van der Waals surface area contributed by atoms with Crippen molar-refractivity contribution in [2.24, 2.45) is 0 Å². The molecule has 0 aromatic heterocycles. The SMILES string of the molecule is N#Cc1ccc(OCCl)cc1. The Morgan fingerprint density at radius 3 is 2.45 bits per heavy atom. The van der Waals surface area contributed by atoms with Gasteiger partial charge in [0.25, 0.3) is 0 Å². The lowest BCUT2D eigenvalue weighted by atomic mass is 10.2. The maximum absolute atomic E-state index is 8.44. The van der Waals surface area contributed by atoms with Crippen LogP contribution in [-0.4, -0.2) is 6.07 Å². The molecule has 0 aliphatic carbocycles. The Morgan fingerprint density at radius 2 is 2.00 bits per heavy atom. The van der Waals surface area contributed by atoms with Crippen LogP contribution in [0.3, 0.4) is 0 Å². The molecular formula is C8H6ClNO. The molecule has 0 N–H and O–H groups in total. The van der Waals surface area contributed by atoms with Gasteiger partial charge in [-0.3, -0.25) is 0 Å². The highest BCUT2D eigenvalue weighted by Crippen LogP contribution is 2.11. The van der Waals surface area contributed by atoms with Gasteiger partial charge < -0.3 is 4.74 Å². The van der Waals surface area contributed by atoms with Crippen LogP contribution in [0, 0.1) is 11.3 Å². The Kier molecular flexibility index (Phi) is 2.76. The molecule has 0 unspecified atom stereocenters. The van der Waals surface area contributed by atoms with Crippen LogP contribution < -0.4 is 4.74 Å². The summed E-state index contributed by atoms with van der Waals surface area (Å²) in [5, 5.41) is 8.44. The Labute approximate surface area is 70.0 Å². The fourth-order valence-corrected chi connectivity index (χ4v) is 0.815. The van der Waals surface area contributed by atoms with E-state index in [0.717, 1.165) is 0 Å². The fourth-order valence-electron chi connectivity index (χ4n) is 0.689. The Bertz CT molecular complexity index is 262. The molecule has 0 spiro atoms. The first kappa shape index (κ1) is 7.90. The molecule has 0 radical (unpaired) electrons. The lowest BCUT2D eigenvalue weighted by Crippen LogP contribution is -1.87. The molecule has 0 fully saturated rings. The van der Waals surface area contributed by atoms with Gasteiger partial charge in [-0.25, -0.2) is 0 Å². The van der Waals surface area contributed by atoms with Crippen LogP contribution in [0.1, 0.15) is 5.56 Å². The Morgan fingerprint density at radius 1 is 1.36 bits per heavy atom. The van der Waals surface area contributed by atoms with Crippen molar-refractivity contribution in [3.8, 4) is 11.8 Å². The smallest absolute Gasteiger partial charge is 0.162 e. The van der Waals surface area contributed by atoms with Gasteiger partial charge in [0.1, 0.15) is 5.75 Å². The van der Waals surface area contributed by atoms with E-state index in [-0.39, 0.29) is 6.07 Å². The second-order valence-electron chi connectivity index (χ2n) is 1.89. The van der Waals surface area contributed by atoms with Crippen LogP contribution in [0.15, 0.2) is 24.3 Å². The molecule has 0 amide bonds. The molecule has 0 aliphatic heterocycles. The van der Waals surface area contributed by atoms with Crippen molar-refractivity contribution >= 4 is 11.6 Å². The van der Waals surface area contributed by atoms with Gasteiger partial charge in [-0.15, -0.1) is 0 Å². The van der Waals surface area contributed by atoms with E-state index >= 15 is 0 Å². The number of alkyl halides is 1. The first-order valence-corrected chi connectivity index (χ1v) is 3.59. The van der Waals surface area contributed by atoms with E-state index in [2.05, 4.69) is 0 Å². The van der Waals surface area contributed by atoms with Gasteiger partial charge in [0.05, 0.1) is 11.6 Å². The van der Waals surface area contributed by atoms with E-state index in [0.29, 0.717) is 11.3 Å². The van der Waals surface area contributed by atoms with Gasteiger partial charge in [0.15, 0.2) is 6.07 Å². The zero-order valence-electron chi connectivity index (χ0n) is 5.75. The number of benzene rings is 1. The van der Waals surface area contributed by atoms with E-state index in [4.69, 9.17) is 21.6 Å². The van der Waals surface area contributed by atoms with Gasteiger partial charge in [-0.05, 0) is 24.3 Å². The van der Waals surface area contributed by atoms with Crippen LogP contribution in [-0.2, 0) is 0 Å². The van der Waals surface area contributed by atoms with Crippen LogP contribution in [0.2, 0.25) is 0 Å². The molecule has 11 heavy (non-hydrogen) atoms. The van der Waals surface area contributed by atoms with E-state index in [1.165, 1.54) is 0 Å². The average molecular weight is 168 g/mol. The second-order valence-corrected chi connectivity index (χ2v) is 2.11. The number of hydrogen-bond acceptors (Lipinski definition) is 2. The number of nitrogens with zero attached hydrogens (tertiary/aromatic N) is 1. The van der Waals surface area contributed by atoms with Crippen molar-refractivity contribution in [1.29, 1.82) is 5.26 Å². The van der Waals surface area contributed by atoms with Crippen molar-refractivity contribution in [3.63, 3.8) is 0 Å². The summed E-state index contributed by atoms with van der Waals surface area (Å²) >= 11 is 5.32. The zero-order valence-corrected chi connectivity index (χ0v) is 6.51. The first-order valence-electron chi connectivity index (χ1n) is 3.06. The monoisotopic (exact) mass is 167 g/mol. The van der Waals surface area contributed by atoms with Crippen LogP contribution in [0.4, 0.5) is 0 Å². The second kappa shape index (κ2) is 3.85. The molecule has 0 heterocycles. The molecule has 1 rings (SSSR count). The molecule has 0 bridgehead atoms. The molecule has 1 aromatic carbocycles. The lowest BCUT2D eigenvalue weighted by molar-refractivity contribution is 0.388. The molecule has 3 heteroatoms. The summed E-state index contributed by atoms with van der Waals surface area (Å²) in [4.78, 5) is 0. The molecule has 0 saturated heterocycles. The van der Waals surface area contributed by atoms with Crippen LogP contribution >= 0.6 is 11.6 Å². The Hall–Kier alpha value is -1.20. The summed E-state index contributed by atoms with van der Waals surface area (Å²) in [6.45, 7) is 0. The van der Waals surface area contributed by atoms with Gasteiger partial charge in [0.2, 0.25) is 0 Å². The van der Waals surface area contributed by atoms with Crippen molar-refractivity contribution in [3.05, 3.63) is 29.8 Å². The predicted molar refractivity (Wildman–Crippen MR) is 42.5 cm³/mol. The summed E-state index contributed by atoms with van der Waals surface area (Å²) in [7, 11) is 0. The van der Waals surface area contributed by atoms with Crippen molar-refractivity contribution in [2.45, 2.75) is 0 Å². The maximum Gasteiger partial charge on any atom is 0.162 e. The van der Waals surface area contributed by atoms with Crippen molar-refractivity contribution < 1.29 is 4.74 Å². The minimum absolute atomic E-state index is 0.131. The highest BCUT2D eigenvalue weighted by Gasteiger charge is 1.91. The molecule has 0 aliphatic rings. The minimum Gasteiger partial charge on any atom is -0.478 e. The van der Waals surface area contributed by atoms with Crippen molar-refractivity contribution in [1.82, 2.24) is 0 Å². The van der Waals surface area contributed by atoms with E-state index < -0.39 is 0 Å². The lowest BCUT2D eigenvalue weighted by Gasteiger charge is -1.99. The van der Waals surface area contributed by atoms with Gasteiger partial charge in [-0.2, -0.15) is 5.26 Å². The molecule has 2 nitrogen and oxygen atoms in total. The normalized spacial score (nSPS) is 8.73. The zero-order chi connectivity index (χ0) is 8.10. The highest BCUT2D eigenvalue weighted by molar-refractivity contribution is 6.17. The average Bonchev–Trinajstić information content (AvgIpc) is 2.07. The minimum atomic E-state index is 0.131. The topological polar surface area (TPSA) is 33.0 Å². The Balaban J connectivity index is 2.76. The van der Waals surface area contributed by atoms with Crippen LogP contribution in [0.5, 0.6) is 5.75 Å². The fraction of sp³-hybridized carbons (Fsp3) is 0.125. The summed E-state index contributed by atoms with van der Waals surface area (Å²) in [6, 6.07) is 8.92. The summed E-state index contributed by atoms with van der Waals surface area (Å²) in [6.07, 6.45) is 0. The van der Waals surface area contributed by atoms with E-state index in [1.807, 2.05) is 6.07 Å². The summed E-state index contributed by atoms with van der Waals surface area (Å²) in [5.74, 6) is 0.680. The summed E-state index contributed by atoms with van der Waals surface area (Å²) < 4.78 is 4.96. The number of rotatable bonds is 2. The van der Waals surface area contributed by atoms with E-state index in [1.54, 1.807) is 24.3 Å². The number of halogens is 1. The largest absolute Gasteiger partial charge is 0.478 e. The number of hydrogen-bond donors (Lipinski definition) is 0. The molecular weight excluding hydrogens is 162 g/mol. The quantitative estimate of drug-likeness (QED) is 0.633. The third-order valence-electron chi connectivity index (χ3n) is 1.20. The third kappa shape index (κ3) is 2.14. The highest BCUT2D eigenvalue weighted by atomic mass is 35.5. The van der Waals surface area contributed by atoms with E-state index in [9.17, 15) is 0 Å². The molecule has 0 saturated carbocycles. The molecule has 1 aromatic rings. The standard InChI is InChI=1S/C8H6ClNO/c9-6-11-8-3-1-7(5-10)2-4-8/h1-4H,6H2. The van der Waals surface area contributed by atoms with Gasteiger partial charge in [-0.1, -0.05) is 11.6 Å². The van der Waals surface area contributed by atoms with Gasteiger partial charge in [0, 0.05) is 0 Å². The molecule has 0 atom stereocenters. The predicted octanol–water partition coefficient (Wildman–Crippen LogP) is 2.13. The maximum atomic E-state index is 8.44. The van der Waals surface area contributed by atoms with Crippen molar-refractivity contribution in [2.75, 3.05) is 6.07 Å². The molecule has 56 valence electrons. The summed E-state index contributed by atoms with van der Waals surface area (Å²) in [5.41, 5.74) is 0.618. The number of ether oxygens (including phenoxy) is 1. The van der Waals surface area contributed by atoms with Gasteiger partial charge >= 0.3 is 0 Å². The number of nitriles is 1. The van der Waals surface area contributed by atoms with Crippen LogP contribution in [0.25, 0.3) is 0 Å². The first-order chi connectivity index (χ1) is 5.36.